The molecule has 0 bridgehead atoms. The van der Waals surface area contributed by atoms with E-state index in [1.807, 2.05) is 30.1 Å². The fourth-order valence-corrected chi connectivity index (χ4v) is 1.83. The molecule has 0 aliphatic rings. The van der Waals surface area contributed by atoms with Gasteiger partial charge in [0.1, 0.15) is 17.5 Å². The van der Waals surface area contributed by atoms with Gasteiger partial charge in [-0.15, -0.1) is 0 Å². The summed E-state index contributed by atoms with van der Waals surface area (Å²) in [5, 5.41) is 10.6. The van der Waals surface area contributed by atoms with Gasteiger partial charge in [0.25, 0.3) is 0 Å². The summed E-state index contributed by atoms with van der Waals surface area (Å²) in [6, 6.07) is 3.87. The normalized spacial score (nSPS) is 10.8. The fourth-order valence-electron chi connectivity index (χ4n) is 1.83. The lowest BCUT2D eigenvalue weighted by Crippen LogP contribution is -2.10. The van der Waals surface area contributed by atoms with Crippen LogP contribution in [0.4, 0.5) is 11.6 Å². The van der Waals surface area contributed by atoms with Gasteiger partial charge in [-0.1, -0.05) is 13.8 Å². The lowest BCUT2D eigenvalue weighted by Gasteiger charge is -2.11. The molecule has 0 amide bonds. The molecular weight excluding hydrogens is 252 g/mol. The minimum atomic E-state index is 0.313. The van der Waals surface area contributed by atoms with Crippen LogP contribution in [0, 0.1) is 0 Å². The van der Waals surface area contributed by atoms with E-state index in [1.54, 1.807) is 6.20 Å². The first kappa shape index (κ1) is 14.3. The van der Waals surface area contributed by atoms with Crippen molar-refractivity contribution < 1.29 is 0 Å². The summed E-state index contributed by atoms with van der Waals surface area (Å²) in [4.78, 5) is 8.97. The maximum atomic E-state index is 4.53. The van der Waals surface area contributed by atoms with Crippen LogP contribution in [0.25, 0.3) is 0 Å². The number of nitrogens with zero attached hydrogens (tertiary/aromatic N) is 4. The molecule has 0 aliphatic carbocycles. The first-order chi connectivity index (χ1) is 9.69. The summed E-state index contributed by atoms with van der Waals surface area (Å²) in [6.07, 6.45) is 4.77. The van der Waals surface area contributed by atoms with Gasteiger partial charge in [0.15, 0.2) is 0 Å². The molecule has 108 valence electrons. The molecule has 2 N–H and O–H groups in total. The van der Waals surface area contributed by atoms with E-state index < -0.39 is 0 Å². The molecule has 0 radical (unpaired) electrons. The van der Waals surface area contributed by atoms with Gasteiger partial charge in [0.05, 0.1) is 0 Å². The second-order valence-corrected chi connectivity index (χ2v) is 4.95. The van der Waals surface area contributed by atoms with Gasteiger partial charge in [-0.3, -0.25) is 4.68 Å². The van der Waals surface area contributed by atoms with Crippen LogP contribution in [-0.2, 0) is 6.54 Å². The Morgan fingerprint density at radius 1 is 1.25 bits per heavy atom. The molecule has 0 atom stereocenters. The largest absolute Gasteiger partial charge is 0.373 e. The highest BCUT2D eigenvalue weighted by atomic mass is 15.3. The highest BCUT2D eigenvalue weighted by Crippen LogP contribution is 2.16. The third-order valence-electron chi connectivity index (χ3n) is 2.95. The molecule has 2 rings (SSSR count). The standard InChI is InChI=1S/C14H22N6/c1-11(2)14-18-12(15-3)10-13(19-14)16-6-4-8-20-9-5-7-17-20/h5,7,9-11H,4,6,8H2,1-3H3,(H2,15,16,18,19). The number of nitrogens with one attached hydrogen (secondary N) is 2. The van der Waals surface area contributed by atoms with Crippen molar-refractivity contribution in [3.05, 3.63) is 30.4 Å². The zero-order valence-electron chi connectivity index (χ0n) is 12.3. The fraction of sp³-hybridized carbons (Fsp3) is 0.500. The van der Waals surface area contributed by atoms with Crippen LogP contribution < -0.4 is 10.6 Å². The molecule has 6 nitrogen and oxygen atoms in total. The maximum Gasteiger partial charge on any atom is 0.135 e. The SMILES string of the molecule is CNc1cc(NCCCn2cccn2)nc(C(C)C)n1. The molecule has 2 aromatic rings. The summed E-state index contributed by atoms with van der Waals surface area (Å²) in [5.41, 5.74) is 0. The smallest absolute Gasteiger partial charge is 0.135 e. The van der Waals surface area contributed by atoms with Crippen molar-refractivity contribution in [1.29, 1.82) is 0 Å². The zero-order valence-corrected chi connectivity index (χ0v) is 12.3. The third-order valence-corrected chi connectivity index (χ3v) is 2.95. The quantitative estimate of drug-likeness (QED) is 0.759. The number of hydrogen-bond acceptors (Lipinski definition) is 5. The molecule has 0 unspecified atom stereocenters. The summed E-state index contributed by atoms with van der Waals surface area (Å²) < 4.78 is 1.93. The third kappa shape index (κ3) is 3.94. The van der Waals surface area contributed by atoms with Crippen molar-refractivity contribution in [2.45, 2.75) is 32.7 Å². The lowest BCUT2D eigenvalue weighted by atomic mass is 10.2. The molecule has 0 saturated carbocycles. The zero-order chi connectivity index (χ0) is 14.4. The Hall–Kier alpha value is -2.11. The second kappa shape index (κ2) is 6.88. The van der Waals surface area contributed by atoms with Gasteiger partial charge >= 0.3 is 0 Å². The Labute approximate surface area is 119 Å². The first-order valence-corrected chi connectivity index (χ1v) is 6.97. The summed E-state index contributed by atoms with van der Waals surface area (Å²) in [7, 11) is 1.87. The van der Waals surface area contributed by atoms with Crippen molar-refractivity contribution in [2.24, 2.45) is 0 Å². The molecule has 20 heavy (non-hydrogen) atoms. The lowest BCUT2D eigenvalue weighted by molar-refractivity contribution is 0.591. The molecule has 0 spiro atoms. The van der Waals surface area contributed by atoms with E-state index in [2.05, 4.69) is 39.5 Å². The molecular formula is C14H22N6. The Balaban J connectivity index is 1.89. The summed E-state index contributed by atoms with van der Waals surface area (Å²) in [6.45, 7) is 5.95. The highest BCUT2D eigenvalue weighted by Gasteiger charge is 2.07. The number of hydrogen-bond donors (Lipinski definition) is 2. The van der Waals surface area contributed by atoms with E-state index in [1.165, 1.54) is 0 Å². The predicted molar refractivity (Wildman–Crippen MR) is 81.0 cm³/mol. The number of aryl methyl sites for hydroxylation is 1. The van der Waals surface area contributed by atoms with Crippen molar-refractivity contribution in [3.8, 4) is 0 Å². The van der Waals surface area contributed by atoms with Crippen molar-refractivity contribution in [3.63, 3.8) is 0 Å². The first-order valence-electron chi connectivity index (χ1n) is 6.97. The Kier molecular flexibility index (Phi) is 4.92. The van der Waals surface area contributed by atoms with Crippen LogP contribution in [-0.4, -0.2) is 33.3 Å². The Morgan fingerprint density at radius 3 is 2.70 bits per heavy atom. The monoisotopic (exact) mass is 274 g/mol. The van der Waals surface area contributed by atoms with Gasteiger partial charge in [0.2, 0.25) is 0 Å². The van der Waals surface area contributed by atoms with E-state index in [0.29, 0.717) is 5.92 Å². The molecule has 0 aromatic carbocycles. The average Bonchev–Trinajstić information content (AvgIpc) is 2.96. The van der Waals surface area contributed by atoms with E-state index >= 15 is 0 Å². The average molecular weight is 274 g/mol. The minimum Gasteiger partial charge on any atom is -0.373 e. The van der Waals surface area contributed by atoms with E-state index in [4.69, 9.17) is 0 Å². The molecule has 2 heterocycles. The summed E-state index contributed by atoms with van der Waals surface area (Å²) >= 11 is 0. The molecule has 0 fully saturated rings. The summed E-state index contributed by atoms with van der Waals surface area (Å²) in [5.74, 6) is 2.88. The van der Waals surface area contributed by atoms with Gasteiger partial charge in [0, 0.05) is 44.5 Å². The van der Waals surface area contributed by atoms with E-state index in [-0.39, 0.29) is 0 Å². The highest BCUT2D eigenvalue weighted by molar-refractivity contribution is 5.47. The van der Waals surface area contributed by atoms with Crippen molar-refractivity contribution >= 4 is 11.6 Å². The van der Waals surface area contributed by atoms with Crippen LogP contribution >= 0.6 is 0 Å². The number of aromatic nitrogens is 4. The Bertz CT molecular complexity index is 520. The van der Waals surface area contributed by atoms with Crippen LogP contribution in [0.3, 0.4) is 0 Å². The molecule has 2 aromatic heterocycles. The number of anilines is 2. The van der Waals surface area contributed by atoms with Crippen molar-refractivity contribution in [2.75, 3.05) is 24.2 Å². The van der Waals surface area contributed by atoms with Crippen LogP contribution in [0.2, 0.25) is 0 Å². The van der Waals surface area contributed by atoms with Gasteiger partial charge in [-0.05, 0) is 12.5 Å². The van der Waals surface area contributed by atoms with Crippen molar-refractivity contribution in [1.82, 2.24) is 19.7 Å². The van der Waals surface area contributed by atoms with Gasteiger partial charge < -0.3 is 10.6 Å². The minimum absolute atomic E-state index is 0.313. The van der Waals surface area contributed by atoms with Gasteiger partial charge in [-0.2, -0.15) is 5.10 Å². The number of rotatable bonds is 7. The van der Waals surface area contributed by atoms with Crippen LogP contribution in [0.15, 0.2) is 24.5 Å². The van der Waals surface area contributed by atoms with E-state index in [0.717, 1.165) is 37.0 Å². The van der Waals surface area contributed by atoms with Crippen LogP contribution in [0.1, 0.15) is 32.0 Å². The molecule has 0 aliphatic heterocycles. The maximum absolute atomic E-state index is 4.53. The predicted octanol–water partition coefficient (Wildman–Crippen LogP) is 2.34. The molecule has 0 saturated heterocycles. The Morgan fingerprint density at radius 2 is 2.05 bits per heavy atom. The van der Waals surface area contributed by atoms with E-state index in [9.17, 15) is 0 Å². The van der Waals surface area contributed by atoms with Gasteiger partial charge in [-0.25, -0.2) is 9.97 Å². The molecule has 6 heteroatoms. The topological polar surface area (TPSA) is 67.7 Å². The van der Waals surface area contributed by atoms with Crippen LogP contribution in [0.5, 0.6) is 0 Å². The second-order valence-electron chi connectivity index (χ2n) is 4.95.